The molecule has 0 radical (unpaired) electrons. The molecule has 0 saturated heterocycles. The summed E-state index contributed by atoms with van der Waals surface area (Å²) in [5.41, 5.74) is 1.50. The van der Waals surface area contributed by atoms with Gasteiger partial charge in [0.2, 0.25) is 5.91 Å². The van der Waals surface area contributed by atoms with Crippen LogP contribution >= 0.6 is 0 Å². The van der Waals surface area contributed by atoms with Crippen LogP contribution in [0.5, 0.6) is 0 Å². The highest BCUT2D eigenvalue weighted by Crippen LogP contribution is 2.19. The smallest absolute Gasteiger partial charge is 0.270 e. The summed E-state index contributed by atoms with van der Waals surface area (Å²) >= 11 is 0. The maximum absolute atomic E-state index is 12.0. The predicted molar refractivity (Wildman–Crippen MR) is 76.3 cm³/mol. The molecule has 0 aromatic carbocycles. The molecule has 1 fully saturated rings. The minimum Gasteiger partial charge on any atom is -0.354 e. The van der Waals surface area contributed by atoms with Crippen LogP contribution in [0.4, 0.5) is 0 Å². The van der Waals surface area contributed by atoms with E-state index in [4.69, 9.17) is 0 Å². The van der Waals surface area contributed by atoms with Gasteiger partial charge in [0.1, 0.15) is 5.69 Å². The van der Waals surface area contributed by atoms with Crippen LogP contribution in [0, 0.1) is 6.92 Å². The van der Waals surface area contributed by atoms with Crippen LogP contribution < -0.4 is 10.6 Å². The van der Waals surface area contributed by atoms with Gasteiger partial charge in [-0.05, 0) is 44.2 Å². The zero-order valence-corrected chi connectivity index (χ0v) is 12.0. The van der Waals surface area contributed by atoms with Crippen molar-refractivity contribution in [2.24, 2.45) is 0 Å². The second kappa shape index (κ2) is 6.50. The Morgan fingerprint density at radius 2 is 1.70 bits per heavy atom. The third-order valence-corrected chi connectivity index (χ3v) is 3.61. The summed E-state index contributed by atoms with van der Waals surface area (Å²) in [4.78, 5) is 27.2. The van der Waals surface area contributed by atoms with Crippen LogP contribution in [0.1, 0.15) is 48.7 Å². The van der Waals surface area contributed by atoms with E-state index >= 15 is 0 Å². The molecule has 0 spiro atoms. The topological polar surface area (TPSA) is 71.1 Å². The molecule has 1 aliphatic rings. The predicted octanol–water partition coefficient (Wildman–Crippen LogP) is 1.57. The van der Waals surface area contributed by atoms with Crippen molar-refractivity contribution >= 4 is 11.8 Å². The number of carbonyl (C=O) groups excluding carboxylic acids is 2. The van der Waals surface area contributed by atoms with Gasteiger partial charge in [0.25, 0.3) is 5.91 Å². The SMILES string of the molecule is CC(=O)NC1CCC(NC(=O)c2ccc(C)cn2)CC1. The Balaban J connectivity index is 1.82. The van der Waals surface area contributed by atoms with Crippen LogP contribution in [0.2, 0.25) is 0 Å². The Kier molecular flexibility index (Phi) is 4.71. The molecule has 108 valence electrons. The van der Waals surface area contributed by atoms with Crippen LogP contribution in [-0.2, 0) is 4.79 Å². The van der Waals surface area contributed by atoms with E-state index in [0.717, 1.165) is 31.2 Å². The fourth-order valence-electron chi connectivity index (χ4n) is 2.53. The fraction of sp³-hybridized carbons (Fsp3) is 0.533. The minimum atomic E-state index is -0.118. The molecule has 1 aliphatic carbocycles. The van der Waals surface area contributed by atoms with Crippen molar-refractivity contribution in [3.8, 4) is 0 Å². The Hall–Kier alpha value is -1.91. The average Bonchev–Trinajstić information content (AvgIpc) is 2.41. The van der Waals surface area contributed by atoms with E-state index in [-0.39, 0.29) is 23.9 Å². The lowest BCUT2D eigenvalue weighted by atomic mass is 9.91. The number of carbonyl (C=O) groups is 2. The molecule has 2 rings (SSSR count). The van der Waals surface area contributed by atoms with E-state index in [0.29, 0.717) is 5.69 Å². The van der Waals surface area contributed by atoms with Crippen molar-refractivity contribution in [1.82, 2.24) is 15.6 Å². The van der Waals surface area contributed by atoms with Crippen molar-refractivity contribution in [2.75, 3.05) is 0 Å². The second-order valence-corrected chi connectivity index (χ2v) is 5.44. The molecule has 0 bridgehead atoms. The first-order chi connectivity index (χ1) is 9.54. The molecule has 0 atom stereocenters. The van der Waals surface area contributed by atoms with Crippen LogP contribution in [-0.4, -0.2) is 28.9 Å². The number of hydrogen-bond donors (Lipinski definition) is 2. The maximum Gasteiger partial charge on any atom is 0.270 e. The minimum absolute atomic E-state index is 0.0151. The zero-order valence-electron chi connectivity index (χ0n) is 12.0. The van der Waals surface area contributed by atoms with Gasteiger partial charge in [-0.1, -0.05) is 6.07 Å². The molecule has 5 nitrogen and oxygen atoms in total. The van der Waals surface area contributed by atoms with Crippen LogP contribution in [0.15, 0.2) is 18.3 Å². The quantitative estimate of drug-likeness (QED) is 0.879. The van der Waals surface area contributed by atoms with Crippen LogP contribution in [0.3, 0.4) is 0 Å². The summed E-state index contributed by atoms with van der Waals surface area (Å²) in [6.07, 6.45) is 5.30. The molecular formula is C15H21N3O2. The average molecular weight is 275 g/mol. The first-order valence-corrected chi connectivity index (χ1v) is 7.05. The molecule has 1 aromatic rings. The molecule has 0 aliphatic heterocycles. The van der Waals surface area contributed by atoms with Gasteiger partial charge in [0.05, 0.1) is 0 Å². The van der Waals surface area contributed by atoms with E-state index in [2.05, 4.69) is 15.6 Å². The van der Waals surface area contributed by atoms with Crippen molar-refractivity contribution in [3.05, 3.63) is 29.6 Å². The number of nitrogens with zero attached hydrogens (tertiary/aromatic N) is 1. The summed E-state index contributed by atoms with van der Waals surface area (Å²) in [6.45, 7) is 3.48. The van der Waals surface area contributed by atoms with Crippen LogP contribution in [0.25, 0.3) is 0 Å². The number of pyridine rings is 1. The second-order valence-electron chi connectivity index (χ2n) is 5.44. The molecular weight excluding hydrogens is 254 g/mol. The van der Waals surface area contributed by atoms with Gasteiger partial charge in [-0.3, -0.25) is 14.6 Å². The number of aryl methyl sites for hydroxylation is 1. The van der Waals surface area contributed by atoms with E-state index in [9.17, 15) is 9.59 Å². The number of aromatic nitrogens is 1. The summed E-state index contributed by atoms with van der Waals surface area (Å²) in [5, 5.41) is 5.94. The number of rotatable bonds is 3. The summed E-state index contributed by atoms with van der Waals surface area (Å²) in [6, 6.07) is 4.05. The van der Waals surface area contributed by atoms with Crippen molar-refractivity contribution in [2.45, 2.75) is 51.6 Å². The summed E-state index contributed by atoms with van der Waals surface area (Å²) < 4.78 is 0. The first kappa shape index (κ1) is 14.5. The molecule has 5 heteroatoms. The number of nitrogens with one attached hydrogen (secondary N) is 2. The lowest BCUT2D eigenvalue weighted by Gasteiger charge is -2.29. The Morgan fingerprint density at radius 3 is 2.20 bits per heavy atom. The Bertz CT molecular complexity index is 476. The number of hydrogen-bond acceptors (Lipinski definition) is 3. The molecule has 0 unspecified atom stereocenters. The van der Waals surface area contributed by atoms with E-state index in [1.807, 2.05) is 13.0 Å². The molecule has 2 N–H and O–H groups in total. The molecule has 20 heavy (non-hydrogen) atoms. The monoisotopic (exact) mass is 275 g/mol. The molecule has 1 aromatic heterocycles. The maximum atomic E-state index is 12.0. The molecule has 1 saturated carbocycles. The van der Waals surface area contributed by atoms with Gasteiger partial charge in [0.15, 0.2) is 0 Å². The highest BCUT2D eigenvalue weighted by atomic mass is 16.2. The Labute approximate surface area is 119 Å². The summed E-state index contributed by atoms with van der Waals surface area (Å²) in [5.74, 6) is -0.102. The lowest BCUT2D eigenvalue weighted by molar-refractivity contribution is -0.119. The molecule has 1 heterocycles. The van der Waals surface area contributed by atoms with E-state index in [1.165, 1.54) is 6.92 Å². The largest absolute Gasteiger partial charge is 0.354 e. The van der Waals surface area contributed by atoms with Gasteiger partial charge >= 0.3 is 0 Å². The van der Waals surface area contributed by atoms with Gasteiger partial charge in [-0.25, -0.2) is 0 Å². The van der Waals surface area contributed by atoms with E-state index in [1.54, 1.807) is 12.3 Å². The standard InChI is InChI=1S/C15H21N3O2/c1-10-3-8-14(16-9-10)15(20)18-13-6-4-12(5-7-13)17-11(2)19/h3,8-9,12-13H,4-7H2,1-2H3,(H,17,19)(H,18,20). The third kappa shape index (κ3) is 4.05. The molecule has 2 amide bonds. The van der Waals surface area contributed by atoms with Gasteiger partial charge < -0.3 is 10.6 Å². The normalized spacial score (nSPS) is 22.1. The highest BCUT2D eigenvalue weighted by Gasteiger charge is 2.23. The first-order valence-electron chi connectivity index (χ1n) is 7.05. The lowest BCUT2D eigenvalue weighted by Crippen LogP contribution is -2.43. The van der Waals surface area contributed by atoms with Crippen molar-refractivity contribution in [1.29, 1.82) is 0 Å². The fourth-order valence-corrected chi connectivity index (χ4v) is 2.53. The zero-order chi connectivity index (χ0) is 14.5. The van der Waals surface area contributed by atoms with Crippen molar-refractivity contribution in [3.63, 3.8) is 0 Å². The van der Waals surface area contributed by atoms with Crippen molar-refractivity contribution < 1.29 is 9.59 Å². The third-order valence-electron chi connectivity index (χ3n) is 3.61. The van der Waals surface area contributed by atoms with Gasteiger partial charge in [-0.2, -0.15) is 0 Å². The Morgan fingerprint density at radius 1 is 1.10 bits per heavy atom. The highest BCUT2D eigenvalue weighted by molar-refractivity contribution is 5.92. The number of amides is 2. The van der Waals surface area contributed by atoms with Gasteiger partial charge in [0, 0.05) is 25.2 Å². The van der Waals surface area contributed by atoms with Gasteiger partial charge in [-0.15, -0.1) is 0 Å². The van der Waals surface area contributed by atoms with E-state index < -0.39 is 0 Å². The summed E-state index contributed by atoms with van der Waals surface area (Å²) in [7, 11) is 0.